The van der Waals surface area contributed by atoms with Gasteiger partial charge in [-0.2, -0.15) is 0 Å². The van der Waals surface area contributed by atoms with Gasteiger partial charge >= 0.3 is 5.91 Å². The molecule has 0 spiro atoms. The molecule has 0 atom stereocenters. The van der Waals surface area contributed by atoms with Crippen molar-refractivity contribution in [3.8, 4) is 5.75 Å². The zero-order valence-electron chi connectivity index (χ0n) is 11.4. The quantitative estimate of drug-likeness (QED) is 0.219. The number of hydrazine groups is 1. The number of carbonyl (C=O) groups is 1. The normalized spacial score (nSPS) is 10.9. The van der Waals surface area contributed by atoms with E-state index in [0.717, 1.165) is 0 Å². The minimum absolute atomic E-state index is 0.0748. The molecule has 0 aromatic heterocycles. The molecular weight excluding hydrogens is 286 g/mol. The van der Waals surface area contributed by atoms with E-state index in [2.05, 4.69) is 0 Å². The fourth-order valence-electron chi connectivity index (χ4n) is 1.71. The van der Waals surface area contributed by atoms with Gasteiger partial charge in [-0.25, -0.2) is 5.84 Å². The number of hydrogen-bond donors (Lipinski definition) is 2. The van der Waals surface area contributed by atoms with Gasteiger partial charge in [-0.3, -0.25) is 20.3 Å². The summed E-state index contributed by atoms with van der Waals surface area (Å²) in [5.74, 6) is 4.86. The van der Waals surface area contributed by atoms with E-state index >= 15 is 0 Å². The van der Waals surface area contributed by atoms with Gasteiger partial charge in [-0.15, -0.1) is 0 Å². The number of carbonyl (C=O) groups excluding carboxylic acids is 1. The van der Waals surface area contributed by atoms with E-state index in [9.17, 15) is 14.9 Å². The summed E-state index contributed by atoms with van der Waals surface area (Å²) >= 11 is 0. The fourth-order valence-corrected chi connectivity index (χ4v) is 1.71. The van der Waals surface area contributed by atoms with Crippen molar-refractivity contribution < 1.29 is 14.5 Å². The van der Waals surface area contributed by atoms with Crippen molar-refractivity contribution in [2.24, 2.45) is 5.84 Å². The van der Waals surface area contributed by atoms with Crippen molar-refractivity contribution in [3.05, 3.63) is 76.0 Å². The second-order valence-electron chi connectivity index (χ2n) is 4.25. The molecule has 0 saturated heterocycles. The van der Waals surface area contributed by atoms with Gasteiger partial charge < -0.3 is 4.74 Å². The molecule has 3 N–H and O–H groups in total. The van der Waals surface area contributed by atoms with Crippen LogP contribution in [0.5, 0.6) is 5.75 Å². The van der Waals surface area contributed by atoms with Crippen LogP contribution in [-0.4, -0.2) is 10.8 Å². The molecule has 112 valence electrons. The summed E-state index contributed by atoms with van der Waals surface area (Å²) in [5, 5.41) is 10.8. The summed E-state index contributed by atoms with van der Waals surface area (Å²) in [6.45, 7) is 0. The molecule has 0 heterocycles. The smallest absolute Gasteiger partial charge is 0.300 e. The minimum atomic E-state index is -0.643. The van der Waals surface area contributed by atoms with Crippen LogP contribution >= 0.6 is 0 Å². The van der Waals surface area contributed by atoms with Crippen LogP contribution in [0.3, 0.4) is 0 Å². The lowest BCUT2D eigenvalue weighted by atomic mass is 10.2. The van der Waals surface area contributed by atoms with Crippen molar-refractivity contribution in [2.45, 2.75) is 0 Å². The van der Waals surface area contributed by atoms with Gasteiger partial charge in [0, 0.05) is 12.1 Å². The Balaban J connectivity index is 2.34. The summed E-state index contributed by atoms with van der Waals surface area (Å²) in [6.07, 6.45) is 1.38. The predicted molar refractivity (Wildman–Crippen MR) is 80.5 cm³/mol. The maximum absolute atomic E-state index is 11.8. The van der Waals surface area contributed by atoms with Gasteiger partial charge in [-0.1, -0.05) is 30.3 Å². The highest BCUT2D eigenvalue weighted by Crippen LogP contribution is 2.18. The van der Waals surface area contributed by atoms with E-state index in [1.807, 2.05) is 5.43 Å². The molecule has 0 aliphatic carbocycles. The lowest BCUT2D eigenvalue weighted by Gasteiger charge is -2.08. The van der Waals surface area contributed by atoms with Gasteiger partial charge in [-0.05, 0) is 23.8 Å². The first kappa shape index (κ1) is 15.2. The molecule has 0 unspecified atom stereocenters. The van der Waals surface area contributed by atoms with E-state index in [4.69, 9.17) is 10.6 Å². The number of amides is 1. The Labute approximate surface area is 126 Å². The lowest BCUT2D eigenvalue weighted by Crippen LogP contribution is -2.33. The van der Waals surface area contributed by atoms with Crippen molar-refractivity contribution in [3.63, 3.8) is 0 Å². The van der Waals surface area contributed by atoms with Crippen molar-refractivity contribution in [2.75, 3.05) is 0 Å². The number of rotatable bonds is 5. The molecule has 2 aromatic carbocycles. The minimum Gasteiger partial charge on any atom is -0.452 e. The predicted octanol–water partition coefficient (Wildman–Crippen LogP) is 2.00. The summed E-state index contributed by atoms with van der Waals surface area (Å²) < 4.78 is 5.47. The maximum atomic E-state index is 11.8. The number of nitro benzene ring substituents is 1. The molecule has 2 aromatic rings. The summed E-state index contributed by atoms with van der Waals surface area (Å²) in [5.41, 5.74) is 2.34. The summed E-state index contributed by atoms with van der Waals surface area (Å²) in [7, 11) is 0. The first-order valence-corrected chi connectivity index (χ1v) is 6.30. The third kappa shape index (κ3) is 3.90. The number of nitrogens with one attached hydrogen (secondary N) is 1. The Morgan fingerprint density at radius 1 is 1.18 bits per heavy atom. The average molecular weight is 299 g/mol. The number of para-hydroxylation sites is 1. The van der Waals surface area contributed by atoms with E-state index in [-0.39, 0.29) is 11.4 Å². The third-order valence-electron chi connectivity index (χ3n) is 2.70. The van der Waals surface area contributed by atoms with Crippen LogP contribution in [0.4, 0.5) is 5.69 Å². The zero-order valence-corrected chi connectivity index (χ0v) is 11.4. The summed E-state index contributed by atoms with van der Waals surface area (Å²) in [6, 6.07) is 14.5. The van der Waals surface area contributed by atoms with Crippen LogP contribution in [0.25, 0.3) is 6.08 Å². The fraction of sp³-hybridized carbons (Fsp3) is 0. The number of non-ortho nitro benzene ring substituents is 1. The Morgan fingerprint density at radius 3 is 2.55 bits per heavy atom. The number of ether oxygens (including phenoxy) is 1. The molecule has 22 heavy (non-hydrogen) atoms. The molecule has 1 amide bonds. The highest BCUT2D eigenvalue weighted by atomic mass is 16.6. The molecule has 7 heteroatoms. The van der Waals surface area contributed by atoms with Gasteiger partial charge in [0.2, 0.25) is 0 Å². The second kappa shape index (κ2) is 7.00. The van der Waals surface area contributed by atoms with E-state index < -0.39 is 10.8 Å². The van der Waals surface area contributed by atoms with E-state index in [0.29, 0.717) is 11.3 Å². The Hall–Kier alpha value is -3.19. The topological polar surface area (TPSA) is 107 Å². The molecule has 0 radical (unpaired) electrons. The highest BCUT2D eigenvalue weighted by Gasteiger charge is 2.12. The molecule has 0 aliphatic rings. The Kier molecular flexibility index (Phi) is 4.84. The van der Waals surface area contributed by atoms with E-state index in [1.165, 1.54) is 24.3 Å². The van der Waals surface area contributed by atoms with Crippen LogP contribution in [0, 0.1) is 10.1 Å². The molecule has 7 nitrogen and oxygen atoms in total. The number of nitrogens with zero attached hydrogens (tertiary/aromatic N) is 1. The standard InChI is InChI=1S/C15H13N3O4/c16-17-15(19)14(22-13-7-2-1-3-8-13)10-11-5-4-6-12(9-11)18(20)21/h1-10H,16H2,(H,17,19)/b14-10-. The largest absolute Gasteiger partial charge is 0.452 e. The second-order valence-corrected chi connectivity index (χ2v) is 4.25. The molecule has 0 fully saturated rings. The average Bonchev–Trinajstić information content (AvgIpc) is 2.54. The molecule has 0 saturated carbocycles. The Morgan fingerprint density at radius 2 is 1.91 bits per heavy atom. The molecular formula is C15H13N3O4. The number of hydrogen-bond acceptors (Lipinski definition) is 5. The lowest BCUT2D eigenvalue weighted by molar-refractivity contribution is -0.384. The van der Waals surface area contributed by atoms with Crippen LogP contribution in [-0.2, 0) is 4.79 Å². The van der Waals surface area contributed by atoms with Crippen LogP contribution in [0.2, 0.25) is 0 Å². The van der Waals surface area contributed by atoms with Gasteiger partial charge in [0.15, 0.2) is 5.76 Å². The highest BCUT2D eigenvalue weighted by molar-refractivity contribution is 5.95. The monoisotopic (exact) mass is 299 g/mol. The number of benzene rings is 2. The first-order chi connectivity index (χ1) is 10.6. The first-order valence-electron chi connectivity index (χ1n) is 6.30. The third-order valence-corrected chi connectivity index (χ3v) is 2.70. The van der Waals surface area contributed by atoms with Crippen molar-refractivity contribution >= 4 is 17.7 Å². The Bertz CT molecular complexity index is 714. The molecule has 0 aliphatic heterocycles. The van der Waals surface area contributed by atoms with E-state index in [1.54, 1.807) is 36.4 Å². The van der Waals surface area contributed by atoms with Crippen molar-refractivity contribution in [1.82, 2.24) is 5.43 Å². The van der Waals surface area contributed by atoms with Gasteiger partial charge in [0.25, 0.3) is 5.69 Å². The zero-order chi connectivity index (χ0) is 15.9. The van der Waals surface area contributed by atoms with Gasteiger partial charge in [0.1, 0.15) is 5.75 Å². The molecule has 0 bridgehead atoms. The van der Waals surface area contributed by atoms with Crippen LogP contribution < -0.4 is 16.0 Å². The summed E-state index contributed by atoms with van der Waals surface area (Å²) in [4.78, 5) is 22.0. The van der Waals surface area contributed by atoms with Gasteiger partial charge in [0.05, 0.1) is 4.92 Å². The van der Waals surface area contributed by atoms with Crippen LogP contribution in [0.15, 0.2) is 60.4 Å². The molecule has 2 rings (SSSR count). The maximum Gasteiger partial charge on any atom is 0.300 e. The number of nitro groups is 1. The SMILES string of the molecule is NNC(=O)/C(=C/c1cccc([N+](=O)[O-])c1)Oc1ccccc1. The van der Waals surface area contributed by atoms with Crippen molar-refractivity contribution in [1.29, 1.82) is 0 Å². The number of nitrogens with two attached hydrogens (primary N) is 1. The van der Waals surface area contributed by atoms with Crippen LogP contribution in [0.1, 0.15) is 5.56 Å².